The van der Waals surface area contributed by atoms with Crippen molar-refractivity contribution in [3.05, 3.63) is 65.7 Å². The molecule has 3 rings (SSSR count). The van der Waals surface area contributed by atoms with Crippen LogP contribution in [-0.4, -0.2) is 17.7 Å². The summed E-state index contributed by atoms with van der Waals surface area (Å²) in [7, 11) is 0. The molecular weight excluding hydrogens is 352 g/mol. The van der Waals surface area contributed by atoms with E-state index in [2.05, 4.69) is 22.8 Å². The number of anilines is 1. The molecule has 1 aliphatic rings. The number of carbonyl (C=O) groups is 3. The molecule has 0 aromatic heterocycles. The van der Waals surface area contributed by atoms with Crippen LogP contribution in [0.3, 0.4) is 0 Å². The summed E-state index contributed by atoms with van der Waals surface area (Å²) < 4.78 is 0. The van der Waals surface area contributed by atoms with Gasteiger partial charge in [-0.25, -0.2) is 0 Å². The van der Waals surface area contributed by atoms with Gasteiger partial charge in [-0.3, -0.25) is 19.7 Å². The second-order valence-corrected chi connectivity index (χ2v) is 7.28. The van der Waals surface area contributed by atoms with Gasteiger partial charge < -0.3 is 5.32 Å². The summed E-state index contributed by atoms with van der Waals surface area (Å²) in [6, 6.07) is 17.5. The molecule has 0 saturated carbocycles. The zero-order valence-corrected chi connectivity index (χ0v) is 16.2. The van der Waals surface area contributed by atoms with Crippen molar-refractivity contribution in [1.82, 2.24) is 5.32 Å². The maximum absolute atomic E-state index is 12.5. The highest BCUT2D eigenvalue weighted by Gasteiger charge is 2.42. The number of benzene rings is 2. The molecule has 1 aliphatic heterocycles. The molecule has 1 unspecified atom stereocenters. The molecule has 2 aromatic carbocycles. The number of piperidine rings is 1. The summed E-state index contributed by atoms with van der Waals surface area (Å²) >= 11 is 0. The zero-order chi connectivity index (χ0) is 20.0. The molecule has 1 fully saturated rings. The van der Waals surface area contributed by atoms with Crippen molar-refractivity contribution in [3.63, 3.8) is 0 Å². The highest BCUT2D eigenvalue weighted by molar-refractivity contribution is 6.03. The fourth-order valence-corrected chi connectivity index (χ4v) is 3.76. The van der Waals surface area contributed by atoms with E-state index in [9.17, 15) is 14.4 Å². The lowest BCUT2D eigenvalue weighted by molar-refractivity contribution is -0.138. The fraction of sp³-hybridized carbons (Fsp3) is 0.348. The van der Waals surface area contributed by atoms with Gasteiger partial charge in [0.25, 0.3) is 0 Å². The van der Waals surface area contributed by atoms with Gasteiger partial charge in [0.15, 0.2) is 0 Å². The zero-order valence-electron chi connectivity index (χ0n) is 16.2. The minimum Gasteiger partial charge on any atom is -0.326 e. The second-order valence-electron chi connectivity index (χ2n) is 7.28. The van der Waals surface area contributed by atoms with E-state index in [1.54, 1.807) is 0 Å². The van der Waals surface area contributed by atoms with Gasteiger partial charge in [-0.1, -0.05) is 49.4 Å². The number of hydrogen-bond acceptors (Lipinski definition) is 3. The van der Waals surface area contributed by atoms with Gasteiger partial charge in [-0.2, -0.15) is 0 Å². The molecule has 5 nitrogen and oxygen atoms in total. The van der Waals surface area contributed by atoms with E-state index in [4.69, 9.17) is 0 Å². The minimum absolute atomic E-state index is 0.0186. The molecule has 1 atom stereocenters. The first kappa shape index (κ1) is 19.8. The molecule has 2 N–H and O–H groups in total. The van der Waals surface area contributed by atoms with Gasteiger partial charge in [0.05, 0.1) is 5.41 Å². The average Bonchev–Trinajstić information content (AvgIpc) is 2.70. The number of hydrogen-bond donors (Lipinski definition) is 2. The van der Waals surface area contributed by atoms with E-state index in [1.807, 2.05) is 49.4 Å². The monoisotopic (exact) mass is 378 g/mol. The van der Waals surface area contributed by atoms with Crippen LogP contribution in [0, 0.1) is 0 Å². The van der Waals surface area contributed by atoms with Crippen LogP contribution in [0.1, 0.15) is 50.2 Å². The molecule has 5 heteroatoms. The molecule has 2 aromatic rings. The first-order chi connectivity index (χ1) is 13.5. The summed E-state index contributed by atoms with van der Waals surface area (Å²) in [5.41, 5.74) is 2.15. The Morgan fingerprint density at radius 2 is 1.79 bits per heavy atom. The van der Waals surface area contributed by atoms with E-state index >= 15 is 0 Å². The lowest BCUT2D eigenvalue weighted by Crippen LogP contribution is -2.51. The summed E-state index contributed by atoms with van der Waals surface area (Å²) in [5.74, 6) is -0.465. The number of rotatable bonds is 7. The third-order valence-electron chi connectivity index (χ3n) is 5.50. The van der Waals surface area contributed by atoms with Crippen molar-refractivity contribution >= 4 is 23.4 Å². The number of aryl methyl sites for hydroxylation is 1. The van der Waals surface area contributed by atoms with Crippen molar-refractivity contribution in [2.75, 3.05) is 5.32 Å². The summed E-state index contributed by atoms with van der Waals surface area (Å²) in [4.78, 5) is 36.1. The lowest BCUT2D eigenvalue weighted by Gasteiger charge is -2.35. The van der Waals surface area contributed by atoms with Crippen molar-refractivity contribution in [2.24, 2.45) is 0 Å². The van der Waals surface area contributed by atoms with Gasteiger partial charge >= 0.3 is 0 Å². The first-order valence-electron chi connectivity index (χ1n) is 9.82. The molecule has 0 radical (unpaired) electrons. The predicted octanol–water partition coefficient (Wildman–Crippen LogP) is 3.73. The van der Waals surface area contributed by atoms with E-state index in [0.717, 1.165) is 18.4 Å². The van der Waals surface area contributed by atoms with Gasteiger partial charge in [0, 0.05) is 18.5 Å². The largest absolute Gasteiger partial charge is 0.326 e. The standard InChI is InChI=1S/C23H26N2O3/c1-2-23(16-15-21(27)25-22(23)28)18-11-13-19(14-12-18)24-20(26)10-6-9-17-7-4-3-5-8-17/h3-5,7-8,11-14H,2,6,9-10,15-16H2,1H3,(H,24,26)(H,25,27,28). The first-order valence-corrected chi connectivity index (χ1v) is 9.82. The van der Waals surface area contributed by atoms with E-state index in [0.29, 0.717) is 31.4 Å². The van der Waals surface area contributed by atoms with Crippen LogP contribution in [0.25, 0.3) is 0 Å². The third-order valence-corrected chi connectivity index (χ3v) is 5.50. The molecule has 146 valence electrons. The Kier molecular flexibility index (Phi) is 6.24. The minimum atomic E-state index is -0.674. The molecule has 0 aliphatic carbocycles. The van der Waals surface area contributed by atoms with Gasteiger partial charge in [-0.15, -0.1) is 0 Å². The average molecular weight is 378 g/mol. The van der Waals surface area contributed by atoms with Crippen LogP contribution in [0.4, 0.5) is 5.69 Å². The summed E-state index contributed by atoms with van der Waals surface area (Å²) in [5, 5.41) is 5.37. The van der Waals surface area contributed by atoms with Crippen LogP contribution in [0.5, 0.6) is 0 Å². The Balaban J connectivity index is 1.57. The Bertz CT molecular complexity index is 846. The van der Waals surface area contributed by atoms with Crippen LogP contribution in [0.15, 0.2) is 54.6 Å². The summed E-state index contributed by atoms with van der Waals surface area (Å²) in [6.45, 7) is 1.96. The quantitative estimate of drug-likeness (QED) is 0.721. The van der Waals surface area contributed by atoms with Crippen LogP contribution >= 0.6 is 0 Å². The Hall–Kier alpha value is -2.95. The van der Waals surface area contributed by atoms with Gasteiger partial charge in [0.2, 0.25) is 17.7 Å². The molecule has 3 amide bonds. The normalized spacial score (nSPS) is 19.2. The molecule has 1 saturated heterocycles. The summed E-state index contributed by atoms with van der Waals surface area (Å²) in [6.07, 6.45) is 3.61. The highest BCUT2D eigenvalue weighted by Crippen LogP contribution is 2.36. The number of imide groups is 1. The van der Waals surface area contributed by atoms with Crippen molar-refractivity contribution in [3.8, 4) is 0 Å². The smallest absolute Gasteiger partial charge is 0.237 e. The number of nitrogens with one attached hydrogen (secondary N) is 2. The van der Waals surface area contributed by atoms with Crippen LogP contribution in [-0.2, 0) is 26.2 Å². The molecule has 0 spiro atoms. The highest BCUT2D eigenvalue weighted by atomic mass is 16.2. The fourth-order valence-electron chi connectivity index (χ4n) is 3.76. The van der Waals surface area contributed by atoms with Crippen molar-refractivity contribution < 1.29 is 14.4 Å². The van der Waals surface area contributed by atoms with Gasteiger partial charge in [-0.05, 0) is 48.9 Å². The maximum Gasteiger partial charge on any atom is 0.237 e. The van der Waals surface area contributed by atoms with Crippen LogP contribution in [0.2, 0.25) is 0 Å². The Morgan fingerprint density at radius 1 is 1.07 bits per heavy atom. The van der Waals surface area contributed by atoms with Crippen LogP contribution < -0.4 is 10.6 Å². The Morgan fingerprint density at radius 3 is 2.43 bits per heavy atom. The SMILES string of the molecule is CCC1(c2ccc(NC(=O)CCCc3ccccc3)cc2)CCC(=O)NC1=O. The molecular formula is C23H26N2O3. The number of carbonyl (C=O) groups excluding carboxylic acids is 3. The predicted molar refractivity (Wildman–Crippen MR) is 109 cm³/mol. The molecule has 1 heterocycles. The van der Waals surface area contributed by atoms with E-state index < -0.39 is 5.41 Å². The van der Waals surface area contributed by atoms with Crippen molar-refractivity contribution in [1.29, 1.82) is 0 Å². The molecule has 0 bridgehead atoms. The number of amides is 3. The third kappa shape index (κ3) is 4.47. The Labute approximate surface area is 165 Å². The topological polar surface area (TPSA) is 75.3 Å². The van der Waals surface area contributed by atoms with Gasteiger partial charge in [0.1, 0.15) is 0 Å². The second kappa shape index (κ2) is 8.83. The van der Waals surface area contributed by atoms with E-state index in [1.165, 1.54) is 5.56 Å². The van der Waals surface area contributed by atoms with E-state index in [-0.39, 0.29) is 17.7 Å². The molecule has 28 heavy (non-hydrogen) atoms. The maximum atomic E-state index is 12.5. The lowest BCUT2D eigenvalue weighted by atomic mass is 9.72. The van der Waals surface area contributed by atoms with Crippen molar-refractivity contribution in [2.45, 2.75) is 50.9 Å².